The van der Waals surface area contributed by atoms with E-state index in [1.165, 1.54) is 41.7 Å². The van der Waals surface area contributed by atoms with E-state index in [9.17, 15) is 21.6 Å². The van der Waals surface area contributed by atoms with Crippen molar-refractivity contribution >= 4 is 37.3 Å². The molecule has 4 rings (SSSR count). The Morgan fingerprint density at radius 1 is 0.872 bits per heavy atom. The van der Waals surface area contributed by atoms with Gasteiger partial charge in [-0.3, -0.25) is 9.10 Å². The van der Waals surface area contributed by atoms with E-state index in [1.807, 2.05) is 20.8 Å². The molecular weight excluding hydrogens is 538 g/mol. The Morgan fingerprint density at radius 3 is 2.13 bits per heavy atom. The quantitative estimate of drug-likeness (QED) is 0.411. The van der Waals surface area contributed by atoms with E-state index in [0.717, 1.165) is 33.8 Å². The van der Waals surface area contributed by atoms with Crippen LogP contribution in [0.2, 0.25) is 0 Å². The first-order chi connectivity index (χ1) is 18.4. The minimum atomic E-state index is -4.11. The second-order valence-electron chi connectivity index (χ2n) is 9.61. The molecule has 0 unspecified atom stereocenters. The fourth-order valence-corrected chi connectivity index (χ4v) is 7.33. The molecule has 1 N–H and O–H groups in total. The molecule has 0 spiro atoms. The van der Waals surface area contributed by atoms with E-state index in [0.29, 0.717) is 18.8 Å². The van der Waals surface area contributed by atoms with Crippen LogP contribution in [-0.2, 0) is 24.8 Å². The Hall–Kier alpha value is -3.41. The van der Waals surface area contributed by atoms with Crippen molar-refractivity contribution in [1.82, 2.24) is 4.31 Å². The Bertz CT molecular complexity index is 1580. The summed E-state index contributed by atoms with van der Waals surface area (Å²) in [5, 5.41) is 2.67. The molecule has 0 radical (unpaired) electrons. The predicted octanol–water partition coefficient (Wildman–Crippen LogP) is 4.24. The van der Waals surface area contributed by atoms with Gasteiger partial charge in [-0.25, -0.2) is 16.8 Å². The zero-order valence-corrected chi connectivity index (χ0v) is 24.1. The van der Waals surface area contributed by atoms with E-state index >= 15 is 0 Å². The number of carbonyl (C=O) groups is 1. The summed E-state index contributed by atoms with van der Waals surface area (Å²) in [5.74, 6) is -0.402. The van der Waals surface area contributed by atoms with Crippen molar-refractivity contribution in [1.29, 1.82) is 0 Å². The molecule has 1 aliphatic rings. The maximum atomic E-state index is 13.7. The molecule has 208 valence electrons. The molecule has 9 nitrogen and oxygen atoms in total. The van der Waals surface area contributed by atoms with Crippen molar-refractivity contribution in [2.75, 3.05) is 36.4 Å². The van der Waals surface area contributed by atoms with Crippen LogP contribution in [0, 0.1) is 20.8 Å². The summed E-state index contributed by atoms with van der Waals surface area (Å²) in [7, 11) is -6.44. The maximum Gasteiger partial charge on any atom is 0.264 e. The second kappa shape index (κ2) is 11.4. The fraction of sp³-hybridized carbons (Fsp3) is 0.321. The summed E-state index contributed by atoms with van der Waals surface area (Å²) in [5.41, 5.74) is 3.23. The highest BCUT2D eigenvalue weighted by Crippen LogP contribution is 2.31. The first kappa shape index (κ1) is 28.6. The molecule has 3 aromatic rings. The zero-order chi connectivity index (χ0) is 28.4. The molecule has 1 amide bonds. The number of methoxy groups -OCH3 is 1. The van der Waals surface area contributed by atoms with Gasteiger partial charge in [0.05, 0.1) is 28.3 Å². The highest BCUT2D eigenvalue weighted by molar-refractivity contribution is 7.92. The van der Waals surface area contributed by atoms with Gasteiger partial charge in [-0.15, -0.1) is 0 Å². The summed E-state index contributed by atoms with van der Waals surface area (Å²) in [4.78, 5) is 13.4. The van der Waals surface area contributed by atoms with Gasteiger partial charge in [-0.2, -0.15) is 4.31 Å². The Balaban J connectivity index is 1.68. The van der Waals surface area contributed by atoms with E-state index in [2.05, 4.69) is 5.32 Å². The largest absolute Gasteiger partial charge is 0.495 e. The van der Waals surface area contributed by atoms with E-state index < -0.39 is 32.5 Å². The minimum absolute atomic E-state index is 0.0267. The summed E-state index contributed by atoms with van der Waals surface area (Å²) >= 11 is 0. The van der Waals surface area contributed by atoms with E-state index in [4.69, 9.17) is 4.74 Å². The van der Waals surface area contributed by atoms with Crippen LogP contribution in [0.25, 0.3) is 0 Å². The molecule has 0 saturated carbocycles. The lowest BCUT2D eigenvalue weighted by atomic mass is 10.1. The lowest BCUT2D eigenvalue weighted by Crippen LogP contribution is -2.38. The monoisotopic (exact) mass is 571 g/mol. The fourth-order valence-electron chi connectivity index (χ4n) is 4.38. The number of carbonyl (C=O) groups excluding carboxylic acids is 1. The molecule has 1 fully saturated rings. The van der Waals surface area contributed by atoms with Gasteiger partial charge in [-0.1, -0.05) is 23.8 Å². The van der Waals surface area contributed by atoms with Crippen LogP contribution in [-0.4, -0.2) is 53.8 Å². The number of hydrogen-bond donors (Lipinski definition) is 1. The predicted molar refractivity (Wildman–Crippen MR) is 151 cm³/mol. The molecule has 1 heterocycles. The number of ether oxygens (including phenoxy) is 1. The number of aryl methyl sites for hydroxylation is 3. The zero-order valence-electron chi connectivity index (χ0n) is 22.5. The van der Waals surface area contributed by atoms with Crippen LogP contribution in [0.3, 0.4) is 0 Å². The summed E-state index contributed by atoms with van der Waals surface area (Å²) in [6.45, 7) is 5.99. The molecule has 0 bridgehead atoms. The third kappa shape index (κ3) is 6.10. The number of rotatable bonds is 9. The van der Waals surface area contributed by atoms with E-state index in [-0.39, 0.29) is 21.2 Å². The standard InChI is InChI=1S/C28H33N3O6S2/c1-20-7-11-24(12-8-20)39(35,36)31(23-10-9-21(2)22(3)17-23)19-28(32)29-26-18-25(13-14-27(26)37-4)38(33,34)30-15-5-6-16-30/h7-14,17-18H,5-6,15-16,19H2,1-4H3,(H,29,32). The third-order valence-electron chi connectivity index (χ3n) is 6.82. The number of sulfonamides is 2. The number of amides is 1. The Morgan fingerprint density at radius 2 is 1.51 bits per heavy atom. The Kier molecular flexibility index (Phi) is 8.34. The molecule has 3 aromatic carbocycles. The van der Waals surface area contributed by atoms with Crippen molar-refractivity contribution in [3.8, 4) is 5.75 Å². The van der Waals surface area contributed by atoms with Crippen LogP contribution < -0.4 is 14.4 Å². The van der Waals surface area contributed by atoms with Crippen LogP contribution >= 0.6 is 0 Å². The van der Waals surface area contributed by atoms with Gasteiger partial charge < -0.3 is 10.1 Å². The molecule has 0 aromatic heterocycles. The topological polar surface area (TPSA) is 113 Å². The molecule has 11 heteroatoms. The second-order valence-corrected chi connectivity index (χ2v) is 13.4. The highest BCUT2D eigenvalue weighted by Gasteiger charge is 2.30. The van der Waals surface area contributed by atoms with Gasteiger partial charge in [0.1, 0.15) is 12.3 Å². The average molecular weight is 572 g/mol. The maximum absolute atomic E-state index is 13.7. The number of nitrogens with one attached hydrogen (secondary N) is 1. The molecular formula is C28H33N3O6S2. The summed E-state index contributed by atoms with van der Waals surface area (Å²) in [6, 6.07) is 15.8. The highest BCUT2D eigenvalue weighted by atomic mass is 32.2. The lowest BCUT2D eigenvalue weighted by molar-refractivity contribution is -0.114. The van der Waals surface area contributed by atoms with Crippen LogP contribution in [0.15, 0.2) is 70.5 Å². The molecule has 0 atom stereocenters. The normalized spacial score (nSPS) is 14.3. The van der Waals surface area contributed by atoms with Gasteiger partial charge in [0.15, 0.2) is 0 Å². The van der Waals surface area contributed by atoms with Gasteiger partial charge in [-0.05, 0) is 87.2 Å². The van der Waals surface area contributed by atoms with Gasteiger partial charge >= 0.3 is 0 Å². The average Bonchev–Trinajstić information content (AvgIpc) is 3.45. The first-order valence-corrected chi connectivity index (χ1v) is 15.5. The van der Waals surface area contributed by atoms with Gasteiger partial charge in [0.2, 0.25) is 15.9 Å². The molecule has 39 heavy (non-hydrogen) atoms. The minimum Gasteiger partial charge on any atom is -0.495 e. The van der Waals surface area contributed by atoms with E-state index in [1.54, 1.807) is 30.3 Å². The molecule has 1 aliphatic heterocycles. The number of nitrogens with zero attached hydrogens (tertiary/aromatic N) is 2. The lowest BCUT2D eigenvalue weighted by Gasteiger charge is -2.25. The smallest absolute Gasteiger partial charge is 0.264 e. The van der Waals surface area contributed by atoms with Crippen molar-refractivity contribution < 1.29 is 26.4 Å². The number of anilines is 2. The SMILES string of the molecule is COc1ccc(S(=O)(=O)N2CCCC2)cc1NC(=O)CN(c1ccc(C)c(C)c1)S(=O)(=O)c1ccc(C)cc1. The van der Waals surface area contributed by atoms with Crippen LogP contribution in [0.5, 0.6) is 5.75 Å². The van der Waals surface area contributed by atoms with Crippen LogP contribution in [0.4, 0.5) is 11.4 Å². The number of benzene rings is 3. The van der Waals surface area contributed by atoms with Crippen molar-refractivity contribution in [2.45, 2.75) is 43.4 Å². The Labute approximate surface area is 230 Å². The van der Waals surface area contributed by atoms with Crippen molar-refractivity contribution in [3.63, 3.8) is 0 Å². The van der Waals surface area contributed by atoms with Crippen LogP contribution in [0.1, 0.15) is 29.5 Å². The third-order valence-corrected chi connectivity index (χ3v) is 10.5. The summed E-state index contributed by atoms with van der Waals surface area (Å²) in [6.07, 6.45) is 1.59. The summed E-state index contributed by atoms with van der Waals surface area (Å²) < 4.78 is 61.4. The van der Waals surface area contributed by atoms with Gasteiger partial charge in [0.25, 0.3) is 10.0 Å². The molecule has 1 saturated heterocycles. The van der Waals surface area contributed by atoms with Gasteiger partial charge in [0, 0.05) is 13.1 Å². The van der Waals surface area contributed by atoms with Crippen molar-refractivity contribution in [3.05, 3.63) is 77.4 Å². The number of hydrogen-bond acceptors (Lipinski definition) is 6. The first-order valence-electron chi connectivity index (χ1n) is 12.6. The van der Waals surface area contributed by atoms with Crippen molar-refractivity contribution in [2.24, 2.45) is 0 Å². The molecule has 0 aliphatic carbocycles.